The number of fused-ring (bicyclic) bond motifs is 1. The lowest BCUT2D eigenvalue weighted by atomic mass is 10.3. The van der Waals surface area contributed by atoms with Gasteiger partial charge in [-0.05, 0) is 32.4 Å². The number of aromatic nitrogens is 5. The van der Waals surface area contributed by atoms with Crippen LogP contribution in [0.15, 0.2) is 24.5 Å². The SMILES string of the molecule is Cc1cc(C)n(CCCNC(=O)c2nn3cccnc3c2Cl)n1. The van der Waals surface area contributed by atoms with Gasteiger partial charge in [0.25, 0.3) is 5.91 Å². The zero-order chi connectivity index (χ0) is 16.4. The van der Waals surface area contributed by atoms with Crippen LogP contribution < -0.4 is 5.32 Å². The highest BCUT2D eigenvalue weighted by Crippen LogP contribution is 2.19. The molecule has 3 heterocycles. The molecule has 0 saturated carbocycles. The minimum absolute atomic E-state index is 0.191. The van der Waals surface area contributed by atoms with Gasteiger partial charge >= 0.3 is 0 Å². The fourth-order valence-corrected chi connectivity index (χ4v) is 2.68. The van der Waals surface area contributed by atoms with E-state index in [1.807, 2.05) is 24.6 Å². The molecule has 0 atom stereocenters. The van der Waals surface area contributed by atoms with Crippen LogP contribution in [0.3, 0.4) is 0 Å². The maximum Gasteiger partial charge on any atom is 0.273 e. The lowest BCUT2D eigenvalue weighted by Gasteiger charge is -2.05. The third kappa shape index (κ3) is 3.19. The first-order valence-electron chi connectivity index (χ1n) is 7.34. The highest BCUT2D eigenvalue weighted by atomic mass is 35.5. The monoisotopic (exact) mass is 332 g/mol. The molecule has 8 heteroatoms. The van der Waals surface area contributed by atoms with Gasteiger partial charge < -0.3 is 5.32 Å². The van der Waals surface area contributed by atoms with Gasteiger partial charge in [-0.2, -0.15) is 10.2 Å². The highest BCUT2D eigenvalue weighted by molar-refractivity contribution is 6.36. The predicted octanol–water partition coefficient (Wildman–Crippen LogP) is 2.02. The number of hydrogen-bond acceptors (Lipinski definition) is 4. The van der Waals surface area contributed by atoms with E-state index in [9.17, 15) is 4.79 Å². The lowest BCUT2D eigenvalue weighted by Crippen LogP contribution is -2.26. The van der Waals surface area contributed by atoms with Crippen molar-refractivity contribution in [3.05, 3.63) is 46.6 Å². The van der Waals surface area contributed by atoms with E-state index in [1.165, 1.54) is 4.52 Å². The third-order valence-electron chi connectivity index (χ3n) is 3.49. The number of carbonyl (C=O) groups is 1. The van der Waals surface area contributed by atoms with E-state index in [-0.39, 0.29) is 16.6 Å². The molecule has 3 aromatic heterocycles. The second-order valence-corrected chi connectivity index (χ2v) is 5.69. The van der Waals surface area contributed by atoms with Crippen molar-refractivity contribution < 1.29 is 4.79 Å². The maximum absolute atomic E-state index is 12.2. The summed E-state index contributed by atoms with van der Waals surface area (Å²) in [5.41, 5.74) is 2.78. The van der Waals surface area contributed by atoms with Gasteiger partial charge in [0, 0.05) is 31.2 Å². The van der Waals surface area contributed by atoms with E-state index in [0.717, 1.165) is 24.4 Å². The third-order valence-corrected chi connectivity index (χ3v) is 3.84. The molecule has 23 heavy (non-hydrogen) atoms. The molecule has 1 N–H and O–H groups in total. The van der Waals surface area contributed by atoms with Crippen molar-refractivity contribution in [2.45, 2.75) is 26.8 Å². The Morgan fingerprint density at radius 2 is 2.17 bits per heavy atom. The molecule has 7 nitrogen and oxygen atoms in total. The number of hydrogen-bond donors (Lipinski definition) is 1. The van der Waals surface area contributed by atoms with E-state index in [1.54, 1.807) is 18.5 Å². The van der Waals surface area contributed by atoms with Crippen molar-refractivity contribution in [3.8, 4) is 0 Å². The van der Waals surface area contributed by atoms with Gasteiger partial charge in [-0.25, -0.2) is 9.50 Å². The van der Waals surface area contributed by atoms with Crippen LogP contribution in [-0.4, -0.2) is 36.8 Å². The van der Waals surface area contributed by atoms with Gasteiger partial charge in [0.2, 0.25) is 0 Å². The molecule has 0 aromatic carbocycles. The Balaban J connectivity index is 1.58. The molecule has 0 aliphatic rings. The van der Waals surface area contributed by atoms with Crippen LogP contribution in [0.1, 0.15) is 28.3 Å². The van der Waals surface area contributed by atoms with E-state index in [0.29, 0.717) is 12.2 Å². The first-order chi connectivity index (χ1) is 11.1. The Bertz CT molecular complexity index is 853. The topological polar surface area (TPSA) is 77.1 Å². The average molecular weight is 333 g/mol. The number of nitrogens with one attached hydrogen (secondary N) is 1. The van der Waals surface area contributed by atoms with Gasteiger partial charge in [-0.15, -0.1) is 0 Å². The van der Waals surface area contributed by atoms with Gasteiger partial charge in [0.1, 0.15) is 5.02 Å². The lowest BCUT2D eigenvalue weighted by molar-refractivity contribution is 0.0947. The standard InChI is InChI=1S/C15H17ClN6O/c1-10-9-11(2)21(19-10)7-4-6-18-15(23)13-12(16)14-17-5-3-8-22(14)20-13/h3,5,8-9H,4,6-7H2,1-2H3,(H,18,23). The molecule has 0 aliphatic carbocycles. The van der Waals surface area contributed by atoms with Crippen LogP contribution in [0.2, 0.25) is 5.02 Å². The second kappa shape index (κ2) is 6.37. The summed E-state index contributed by atoms with van der Waals surface area (Å²) in [6.07, 6.45) is 4.09. The molecular formula is C15H17ClN6O. The van der Waals surface area contributed by atoms with E-state index in [2.05, 4.69) is 20.5 Å². The van der Waals surface area contributed by atoms with Crippen LogP contribution >= 0.6 is 11.6 Å². The van der Waals surface area contributed by atoms with E-state index < -0.39 is 0 Å². The number of halogens is 1. The summed E-state index contributed by atoms with van der Waals surface area (Å²) >= 11 is 6.16. The summed E-state index contributed by atoms with van der Waals surface area (Å²) in [6.45, 7) is 5.25. The summed E-state index contributed by atoms with van der Waals surface area (Å²) in [7, 11) is 0. The van der Waals surface area contributed by atoms with Crippen LogP contribution in [0, 0.1) is 13.8 Å². The number of rotatable bonds is 5. The molecule has 0 fully saturated rings. The minimum atomic E-state index is -0.297. The quantitative estimate of drug-likeness (QED) is 0.725. The Hall–Kier alpha value is -2.41. The van der Waals surface area contributed by atoms with Gasteiger partial charge in [0.15, 0.2) is 11.3 Å². The zero-order valence-corrected chi connectivity index (χ0v) is 13.7. The first kappa shape index (κ1) is 15.5. The van der Waals surface area contributed by atoms with Gasteiger partial charge in [-0.3, -0.25) is 9.48 Å². The van der Waals surface area contributed by atoms with Gasteiger partial charge in [-0.1, -0.05) is 11.6 Å². The Morgan fingerprint density at radius 3 is 2.87 bits per heavy atom. The number of amides is 1. The summed E-state index contributed by atoms with van der Waals surface area (Å²) < 4.78 is 3.43. The second-order valence-electron chi connectivity index (χ2n) is 5.31. The molecule has 0 bridgehead atoms. The molecule has 0 aliphatic heterocycles. The largest absolute Gasteiger partial charge is 0.351 e. The summed E-state index contributed by atoms with van der Waals surface area (Å²) in [5.74, 6) is -0.297. The highest BCUT2D eigenvalue weighted by Gasteiger charge is 2.18. The van der Waals surface area contributed by atoms with Crippen molar-refractivity contribution in [1.82, 2.24) is 29.7 Å². The minimum Gasteiger partial charge on any atom is -0.351 e. The average Bonchev–Trinajstić information content (AvgIpc) is 3.03. The van der Waals surface area contributed by atoms with Crippen molar-refractivity contribution >= 4 is 23.2 Å². The molecule has 0 unspecified atom stereocenters. The first-order valence-corrected chi connectivity index (χ1v) is 7.72. The van der Waals surface area contributed by atoms with Crippen molar-refractivity contribution in [3.63, 3.8) is 0 Å². The smallest absolute Gasteiger partial charge is 0.273 e. The summed E-state index contributed by atoms with van der Waals surface area (Å²) in [6, 6.07) is 3.76. The molecule has 0 spiro atoms. The van der Waals surface area contributed by atoms with Crippen LogP contribution in [0.4, 0.5) is 0 Å². The molecule has 1 amide bonds. The van der Waals surface area contributed by atoms with E-state index in [4.69, 9.17) is 11.6 Å². The predicted molar refractivity (Wildman–Crippen MR) is 86.6 cm³/mol. The van der Waals surface area contributed by atoms with Crippen molar-refractivity contribution in [2.24, 2.45) is 0 Å². The molecule has 120 valence electrons. The zero-order valence-electron chi connectivity index (χ0n) is 13.0. The Labute approximate surface area is 138 Å². The molecular weight excluding hydrogens is 316 g/mol. The molecule has 0 saturated heterocycles. The van der Waals surface area contributed by atoms with Crippen LogP contribution in [-0.2, 0) is 6.54 Å². The number of aryl methyl sites for hydroxylation is 3. The summed E-state index contributed by atoms with van der Waals surface area (Å²) in [5, 5.41) is 11.6. The van der Waals surface area contributed by atoms with Crippen LogP contribution in [0.5, 0.6) is 0 Å². The normalized spacial score (nSPS) is 11.1. The fraction of sp³-hybridized carbons (Fsp3) is 0.333. The molecule has 3 rings (SSSR count). The fourth-order valence-electron chi connectivity index (χ4n) is 2.42. The van der Waals surface area contributed by atoms with Crippen molar-refractivity contribution in [2.75, 3.05) is 6.54 Å². The number of nitrogens with zero attached hydrogens (tertiary/aromatic N) is 5. The van der Waals surface area contributed by atoms with E-state index >= 15 is 0 Å². The Kier molecular flexibility index (Phi) is 4.29. The Morgan fingerprint density at radius 1 is 1.35 bits per heavy atom. The maximum atomic E-state index is 12.2. The van der Waals surface area contributed by atoms with Crippen LogP contribution in [0.25, 0.3) is 5.65 Å². The summed E-state index contributed by atoms with van der Waals surface area (Å²) in [4.78, 5) is 16.3. The van der Waals surface area contributed by atoms with Gasteiger partial charge in [0.05, 0.1) is 5.69 Å². The molecule has 3 aromatic rings. The number of carbonyl (C=O) groups excluding carboxylic acids is 1. The molecule has 0 radical (unpaired) electrons. The van der Waals surface area contributed by atoms with Crippen molar-refractivity contribution in [1.29, 1.82) is 0 Å².